The van der Waals surface area contributed by atoms with E-state index in [0.717, 1.165) is 11.1 Å². The number of carbonyl (C=O) groups is 2. The Labute approximate surface area is 198 Å². The first-order chi connectivity index (χ1) is 16.6. The largest absolute Gasteiger partial charge is 0.493 e. The van der Waals surface area contributed by atoms with Gasteiger partial charge in [0.05, 0.1) is 7.11 Å². The molecule has 1 N–H and O–H groups in total. The molecule has 0 aliphatic carbocycles. The van der Waals surface area contributed by atoms with E-state index < -0.39 is 17.8 Å². The number of esters is 1. The number of nitrogens with one attached hydrogen (secondary N) is 1. The van der Waals surface area contributed by atoms with E-state index in [9.17, 15) is 14.9 Å². The highest BCUT2D eigenvalue weighted by Gasteiger charge is 2.25. The Hall–Kier alpha value is -4.63. The van der Waals surface area contributed by atoms with Crippen LogP contribution in [0.15, 0.2) is 97.1 Å². The first-order valence-corrected chi connectivity index (χ1v) is 10.6. The van der Waals surface area contributed by atoms with Crippen molar-refractivity contribution in [1.82, 2.24) is 5.32 Å². The molecule has 0 aliphatic heterocycles. The van der Waals surface area contributed by atoms with E-state index in [4.69, 9.17) is 9.47 Å². The molecule has 0 radical (unpaired) electrons. The van der Waals surface area contributed by atoms with Crippen molar-refractivity contribution in [3.05, 3.63) is 114 Å². The minimum Gasteiger partial charge on any atom is -0.493 e. The fourth-order valence-electron chi connectivity index (χ4n) is 3.36. The van der Waals surface area contributed by atoms with Crippen LogP contribution in [0.5, 0.6) is 11.5 Å². The van der Waals surface area contributed by atoms with Gasteiger partial charge >= 0.3 is 5.97 Å². The number of nitrogens with zero attached hydrogens (tertiary/aromatic N) is 1. The molecule has 0 bridgehead atoms. The summed E-state index contributed by atoms with van der Waals surface area (Å²) in [4.78, 5) is 25.4. The van der Waals surface area contributed by atoms with Crippen LogP contribution in [0, 0.1) is 11.3 Å². The van der Waals surface area contributed by atoms with Gasteiger partial charge in [-0.2, -0.15) is 5.26 Å². The first-order valence-electron chi connectivity index (χ1n) is 10.6. The number of nitriles is 1. The number of ether oxygens (including phenoxy) is 2. The molecule has 6 nitrogen and oxygen atoms in total. The Kier molecular flexibility index (Phi) is 8.36. The Morgan fingerprint density at radius 3 is 2.15 bits per heavy atom. The second kappa shape index (κ2) is 11.8. The minimum atomic E-state index is -0.620. The quantitative estimate of drug-likeness (QED) is 0.168. The maximum absolute atomic E-state index is 13.3. The van der Waals surface area contributed by atoms with Gasteiger partial charge in [0, 0.05) is 6.54 Å². The molecule has 0 heterocycles. The van der Waals surface area contributed by atoms with Crippen LogP contribution in [0.25, 0.3) is 6.08 Å². The topological polar surface area (TPSA) is 88.4 Å². The molecule has 1 amide bonds. The minimum absolute atomic E-state index is 0.0677. The summed E-state index contributed by atoms with van der Waals surface area (Å²) in [5.74, 6) is -1.06. The van der Waals surface area contributed by atoms with Crippen molar-refractivity contribution in [2.75, 3.05) is 13.7 Å². The van der Waals surface area contributed by atoms with Crippen molar-refractivity contribution in [1.29, 1.82) is 5.26 Å². The van der Waals surface area contributed by atoms with Gasteiger partial charge in [0.2, 0.25) is 0 Å². The lowest BCUT2D eigenvalue weighted by atomic mass is 9.91. The van der Waals surface area contributed by atoms with Gasteiger partial charge in [-0.3, -0.25) is 9.59 Å². The van der Waals surface area contributed by atoms with Gasteiger partial charge < -0.3 is 14.8 Å². The summed E-state index contributed by atoms with van der Waals surface area (Å²) in [6.07, 6.45) is 2.96. The second-order valence-electron chi connectivity index (χ2n) is 7.25. The number of hydrogen-bond donors (Lipinski definition) is 1. The number of benzene rings is 3. The molecule has 170 valence electrons. The van der Waals surface area contributed by atoms with Crippen molar-refractivity contribution in [2.45, 2.75) is 5.92 Å². The smallest absolute Gasteiger partial charge is 0.323 e. The molecule has 0 aliphatic rings. The van der Waals surface area contributed by atoms with Crippen LogP contribution in [0.2, 0.25) is 0 Å². The van der Waals surface area contributed by atoms with Crippen molar-refractivity contribution in [3.8, 4) is 17.6 Å². The highest BCUT2D eigenvalue weighted by atomic mass is 16.6. The SMILES string of the molecule is C=CCNC(=O)/C(C#N)=C/c1ccc(OC(=O)C(c2ccccc2)c2ccccc2)c(OC)c1. The predicted molar refractivity (Wildman–Crippen MR) is 130 cm³/mol. The highest BCUT2D eigenvalue weighted by molar-refractivity contribution is 6.01. The van der Waals surface area contributed by atoms with E-state index in [1.807, 2.05) is 66.7 Å². The van der Waals surface area contributed by atoms with Crippen molar-refractivity contribution in [3.63, 3.8) is 0 Å². The van der Waals surface area contributed by atoms with Gasteiger partial charge in [0.25, 0.3) is 5.91 Å². The van der Waals surface area contributed by atoms with Gasteiger partial charge in [0.1, 0.15) is 17.6 Å². The monoisotopic (exact) mass is 452 g/mol. The molecule has 0 unspecified atom stereocenters. The Balaban J connectivity index is 1.89. The molecule has 3 rings (SSSR count). The van der Waals surface area contributed by atoms with Gasteiger partial charge in [-0.1, -0.05) is 72.8 Å². The number of carbonyl (C=O) groups excluding carboxylic acids is 2. The summed E-state index contributed by atoms with van der Waals surface area (Å²) in [5, 5.41) is 11.9. The summed E-state index contributed by atoms with van der Waals surface area (Å²) in [6.45, 7) is 3.78. The van der Waals surface area contributed by atoms with Crippen molar-refractivity contribution in [2.24, 2.45) is 0 Å². The average Bonchev–Trinajstić information content (AvgIpc) is 2.88. The summed E-state index contributed by atoms with van der Waals surface area (Å²) in [7, 11) is 1.45. The first kappa shape index (κ1) is 24.0. The fraction of sp³-hybridized carbons (Fsp3) is 0.107. The molecule has 3 aromatic carbocycles. The maximum atomic E-state index is 13.3. The van der Waals surface area contributed by atoms with E-state index in [1.54, 1.807) is 18.2 Å². The van der Waals surface area contributed by atoms with Crippen LogP contribution in [0.3, 0.4) is 0 Å². The molecule has 6 heteroatoms. The number of methoxy groups -OCH3 is 1. The van der Waals surface area contributed by atoms with E-state index in [0.29, 0.717) is 11.3 Å². The van der Waals surface area contributed by atoms with Gasteiger partial charge in [-0.05, 0) is 34.9 Å². The molecule has 0 atom stereocenters. The molecule has 0 saturated heterocycles. The lowest BCUT2D eigenvalue weighted by Crippen LogP contribution is -2.24. The van der Waals surface area contributed by atoms with Crippen LogP contribution >= 0.6 is 0 Å². The Morgan fingerprint density at radius 1 is 1.00 bits per heavy atom. The zero-order valence-electron chi connectivity index (χ0n) is 18.7. The molecule has 0 fully saturated rings. The Bertz CT molecular complexity index is 1190. The zero-order valence-corrected chi connectivity index (χ0v) is 18.7. The zero-order chi connectivity index (χ0) is 24.3. The molecular formula is C28H24N2O4. The Morgan fingerprint density at radius 2 is 1.62 bits per heavy atom. The number of amides is 1. The lowest BCUT2D eigenvalue weighted by molar-refractivity contribution is -0.135. The van der Waals surface area contributed by atoms with Crippen LogP contribution < -0.4 is 14.8 Å². The molecule has 34 heavy (non-hydrogen) atoms. The third kappa shape index (κ3) is 5.99. The highest BCUT2D eigenvalue weighted by Crippen LogP contribution is 2.32. The molecule has 0 aromatic heterocycles. The maximum Gasteiger partial charge on any atom is 0.323 e. The van der Waals surface area contributed by atoms with Crippen LogP contribution in [-0.4, -0.2) is 25.5 Å². The lowest BCUT2D eigenvalue weighted by Gasteiger charge is -2.18. The summed E-state index contributed by atoms with van der Waals surface area (Å²) < 4.78 is 11.2. The van der Waals surface area contributed by atoms with E-state index >= 15 is 0 Å². The number of rotatable bonds is 9. The fourth-order valence-corrected chi connectivity index (χ4v) is 3.36. The molecule has 0 saturated carbocycles. The third-order valence-electron chi connectivity index (χ3n) is 4.98. The second-order valence-corrected chi connectivity index (χ2v) is 7.25. The summed E-state index contributed by atoms with van der Waals surface area (Å²) in [5.41, 5.74) is 2.09. The number of hydrogen-bond acceptors (Lipinski definition) is 5. The van der Waals surface area contributed by atoms with Crippen LogP contribution in [0.4, 0.5) is 0 Å². The molecular weight excluding hydrogens is 428 g/mol. The summed E-state index contributed by atoms with van der Waals surface area (Å²) >= 11 is 0. The molecule has 3 aromatic rings. The van der Waals surface area contributed by atoms with E-state index in [-0.39, 0.29) is 17.9 Å². The summed E-state index contributed by atoms with van der Waals surface area (Å²) in [6, 6.07) is 25.5. The van der Waals surface area contributed by atoms with Crippen molar-refractivity contribution < 1.29 is 19.1 Å². The van der Waals surface area contributed by atoms with Crippen LogP contribution in [-0.2, 0) is 9.59 Å². The average molecular weight is 453 g/mol. The van der Waals surface area contributed by atoms with E-state index in [2.05, 4.69) is 11.9 Å². The molecule has 0 spiro atoms. The third-order valence-corrected chi connectivity index (χ3v) is 4.98. The normalized spacial score (nSPS) is 10.8. The van der Waals surface area contributed by atoms with Crippen LogP contribution in [0.1, 0.15) is 22.6 Å². The standard InChI is InChI=1S/C28H24N2O4/c1-3-16-30-27(31)23(19-29)17-20-14-15-24(25(18-20)33-2)34-28(32)26(21-10-6-4-7-11-21)22-12-8-5-9-13-22/h3-15,17-18,26H,1,16H2,2H3,(H,30,31)/b23-17+. The van der Waals surface area contributed by atoms with Gasteiger partial charge in [0.15, 0.2) is 11.5 Å². The van der Waals surface area contributed by atoms with Crippen molar-refractivity contribution >= 4 is 18.0 Å². The van der Waals surface area contributed by atoms with Gasteiger partial charge in [-0.15, -0.1) is 6.58 Å². The predicted octanol–water partition coefficient (Wildman–Crippen LogP) is 4.64. The van der Waals surface area contributed by atoms with Gasteiger partial charge in [-0.25, -0.2) is 0 Å². The van der Waals surface area contributed by atoms with E-state index in [1.165, 1.54) is 19.3 Å².